The van der Waals surface area contributed by atoms with Crippen LogP contribution in [0.15, 0.2) is 60.8 Å². The fraction of sp³-hybridized carbons (Fsp3) is 0.174. The van der Waals surface area contributed by atoms with Crippen LogP contribution in [-0.2, 0) is 14.3 Å². The SMILES string of the molecule is O=C(COC(=O)c1cn(-c2ccccc2)nc1-c1ccc(Cl)cc1)NCCN1C(=O)CSC1=O. The van der Waals surface area contributed by atoms with E-state index in [4.69, 9.17) is 16.3 Å². The molecule has 174 valence electrons. The standard InChI is InChI=1S/C23H19ClN4O5S/c24-16-8-6-15(7-9-16)21-18(12-28(26-21)17-4-2-1-3-5-17)22(31)33-13-19(29)25-10-11-27-20(30)14-34-23(27)32/h1-9,12H,10-11,13-14H2,(H,25,29). The van der Waals surface area contributed by atoms with E-state index in [0.717, 1.165) is 22.3 Å². The number of carbonyl (C=O) groups is 4. The van der Waals surface area contributed by atoms with Crippen molar-refractivity contribution in [2.24, 2.45) is 0 Å². The molecule has 11 heteroatoms. The first-order chi connectivity index (χ1) is 16.4. The van der Waals surface area contributed by atoms with Crippen molar-refractivity contribution < 1.29 is 23.9 Å². The highest BCUT2D eigenvalue weighted by Crippen LogP contribution is 2.26. The summed E-state index contributed by atoms with van der Waals surface area (Å²) in [6, 6.07) is 16.1. The van der Waals surface area contributed by atoms with Gasteiger partial charge in [-0.3, -0.25) is 19.3 Å². The lowest BCUT2D eigenvalue weighted by Gasteiger charge is -2.13. The molecule has 1 aliphatic heterocycles. The number of aromatic nitrogens is 2. The number of hydrogen-bond acceptors (Lipinski definition) is 7. The largest absolute Gasteiger partial charge is 0.452 e. The second-order valence-corrected chi connectivity index (χ2v) is 8.57. The molecule has 1 fully saturated rings. The third kappa shape index (κ3) is 5.46. The normalized spacial score (nSPS) is 13.3. The first-order valence-corrected chi connectivity index (χ1v) is 11.6. The number of hydrogen-bond donors (Lipinski definition) is 1. The van der Waals surface area contributed by atoms with Gasteiger partial charge in [0.2, 0.25) is 5.91 Å². The minimum absolute atomic E-state index is 0.0644. The van der Waals surface area contributed by atoms with Crippen LogP contribution >= 0.6 is 23.4 Å². The average Bonchev–Trinajstić information content (AvgIpc) is 3.43. The number of para-hydroxylation sites is 1. The van der Waals surface area contributed by atoms with E-state index in [1.165, 1.54) is 0 Å². The van der Waals surface area contributed by atoms with Crippen LogP contribution in [0.2, 0.25) is 5.02 Å². The Morgan fingerprint density at radius 2 is 1.82 bits per heavy atom. The maximum Gasteiger partial charge on any atom is 0.342 e. The quantitative estimate of drug-likeness (QED) is 0.475. The monoisotopic (exact) mass is 498 g/mol. The van der Waals surface area contributed by atoms with Crippen molar-refractivity contribution in [3.63, 3.8) is 0 Å². The van der Waals surface area contributed by atoms with Crippen molar-refractivity contribution in [3.05, 3.63) is 71.4 Å². The third-order valence-electron chi connectivity index (χ3n) is 4.91. The molecule has 1 aliphatic rings. The molecule has 3 amide bonds. The number of thioether (sulfide) groups is 1. The van der Waals surface area contributed by atoms with Gasteiger partial charge in [-0.05, 0) is 24.3 Å². The summed E-state index contributed by atoms with van der Waals surface area (Å²) in [6.45, 7) is -0.392. The molecule has 3 aromatic rings. The van der Waals surface area contributed by atoms with Gasteiger partial charge >= 0.3 is 5.97 Å². The Kier molecular flexibility index (Phi) is 7.29. The summed E-state index contributed by atoms with van der Waals surface area (Å²) in [5, 5.41) is 7.28. The Balaban J connectivity index is 1.42. The molecular formula is C23H19ClN4O5S. The van der Waals surface area contributed by atoms with Gasteiger partial charge in [-0.15, -0.1) is 0 Å². The number of nitrogens with zero attached hydrogens (tertiary/aromatic N) is 3. The maximum atomic E-state index is 12.8. The van der Waals surface area contributed by atoms with Crippen molar-refractivity contribution >= 4 is 46.4 Å². The smallest absolute Gasteiger partial charge is 0.342 e. The molecule has 34 heavy (non-hydrogen) atoms. The van der Waals surface area contributed by atoms with Crippen molar-refractivity contribution in [3.8, 4) is 16.9 Å². The van der Waals surface area contributed by atoms with E-state index >= 15 is 0 Å². The second kappa shape index (κ2) is 10.5. The summed E-state index contributed by atoms with van der Waals surface area (Å²) in [7, 11) is 0. The Morgan fingerprint density at radius 3 is 2.50 bits per heavy atom. The minimum atomic E-state index is -0.719. The van der Waals surface area contributed by atoms with Gasteiger partial charge in [-0.25, -0.2) is 9.48 Å². The fourth-order valence-electron chi connectivity index (χ4n) is 3.22. The van der Waals surface area contributed by atoms with Crippen LogP contribution in [0, 0.1) is 0 Å². The highest BCUT2D eigenvalue weighted by atomic mass is 35.5. The third-order valence-corrected chi connectivity index (χ3v) is 6.02. The predicted molar refractivity (Wildman–Crippen MR) is 127 cm³/mol. The lowest BCUT2D eigenvalue weighted by molar-refractivity contribution is -0.126. The number of carbonyl (C=O) groups excluding carboxylic acids is 4. The molecule has 0 bridgehead atoms. The van der Waals surface area contributed by atoms with E-state index in [2.05, 4.69) is 10.4 Å². The maximum absolute atomic E-state index is 12.8. The van der Waals surface area contributed by atoms with E-state index in [9.17, 15) is 19.2 Å². The van der Waals surface area contributed by atoms with Gasteiger partial charge in [0.25, 0.3) is 11.1 Å². The molecule has 4 rings (SSSR count). The number of halogens is 1. The number of rotatable bonds is 8. The van der Waals surface area contributed by atoms with Gasteiger partial charge < -0.3 is 10.1 Å². The molecule has 1 aromatic heterocycles. The molecule has 9 nitrogen and oxygen atoms in total. The minimum Gasteiger partial charge on any atom is -0.452 e. The van der Waals surface area contributed by atoms with Gasteiger partial charge in [0.05, 0.1) is 11.4 Å². The summed E-state index contributed by atoms with van der Waals surface area (Å²) in [6.07, 6.45) is 1.54. The van der Waals surface area contributed by atoms with Crippen LogP contribution in [-0.4, -0.2) is 63.2 Å². The van der Waals surface area contributed by atoms with E-state index in [1.54, 1.807) is 35.1 Å². The molecule has 2 aromatic carbocycles. The summed E-state index contributed by atoms with van der Waals surface area (Å²) in [5.74, 6) is -1.45. The number of amides is 3. The van der Waals surface area contributed by atoms with Gasteiger partial charge in [0, 0.05) is 29.9 Å². The Labute approximate surface area is 204 Å². The fourth-order valence-corrected chi connectivity index (χ4v) is 4.10. The molecule has 0 spiro atoms. The van der Waals surface area contributed by atoms with Gasteiger partial charge in [0.15, 0.2) is 6.61 Å². The topological polar surface area (TPSA) is 111 Å². The van der Waals surface area contributed by atoms with Crippen LogP contribution in [0.25, 0.3) is 16.9 Å². The van der Waals surface area contributed by atoms with Crippen molar-refractivity contribution in [2.75, 3.05) is 25.4 Å². The first-order valence-electron chi connectivity index (χ1n) is 10.2. The molecule has 1 N–H and O–H groups in total. The highest BCUT2D eigenvalue weighted by Gasteiger charge is 2.29. The lowest BCUT2D eigenvalue weighted by Crippen LogP contribution is -2.38. The number of esters is 1. The highest BCUT2D eigenvalue weighted by molar-refractivity contribution is 8.14. The Hall–Kier alpha value is -3.63. The van der Waals surface area contributed by atoms with Gasteiger partial charge in [-0.1, -0.05) is 53.7 Å². The van der Waals surface area contributed by atoms with Crippen LogP contribution in [0.3, 0.4) is 0 Å². The Bertz CT molecular complexity index is 1210. The summed E-state index contributed by atoms with van der Waals surface area (Å²) >= 11 is 6.91. The first kappa shape index (κ1) is 23.5. The van der Waals surface area contributed by atoms with E-state index in [1.807, 2.05) is 30.3 Å². The number of ether oxygens (including phenoxy) is 1. The molecule has 0 saturated carbocycles. The van der Waals surface area contributed by atoms with Crippen LogP contribution in [0.1, 0.15) is 10.4 Å². The summed E-state index contributed by atoms with van der Waals surface area (Å²) in [5.41, 5.74) is 1.98. The van der Waals surface area contributed by atoms with Gasteiger partial charge in [0.1, 0.15) is 11.3 Å². The lowest BCUT2D eigenvalue weighted by atomic mass is 10.1. The molecule has 0 unspecified atom stereocenters. The summed E-state index contributed by atoms with van der Waals surface area (Å²) in [4.78, 5) is 49.2. The average molecular weight is 499 g/mol. The van der Waals surface area contributed by atoms with Crippen LogP contribution in [0.4, 0.5) is 4.79 Å². The number of nitrogens with one attached hydrogen (secondary N) is 1. The molecule has 0 atom stereocenters. The zero-order valence-electron chi connectivity index (χ0n) is 17.8. The van der Waals surface area contributed by atoms with Crippen molar-refractivity contribution in [2.45, 2.75) is 0 Å². The zero-order valence-corrected chi connectivity index (χ0v) is 19.3. The van der Waals surface area contributed by atoms with Crippen LogP contribution < -0.4 is 5.32 Å². The predicted octanol–water partition coefficient (Wildman–Crippen LogP) is 3.16. The zero-order chi connectivity index (χ0) is 24.1. The van der Waals surface area contributed by atoms with Crippen molar-refractivity contribution in [1.29, 1.82) is 0 Å². The number of imide groups is 1. The molecule has 1 saturated heterocycles. The number of benzene rings is 2. The van der Waals surface area contributed by atoms with Gasteiger partial charge in [-0.2, -0.15) is 5.10 Å². The summed E-state index contributed by atoms with van der Waals surface area (Å²) < 4.78 is 6.77. The van der Waals surface area contributed by atoms with Crippen LogP contribution in [0.5, 0.6) is 0 Å². The van der Waals surface area contributed by atoms with E-state index in [-0.39, 0.29) is 35.6 Å². The van der Waals surface area contributed by atoms with Crippen molar-refractivity contribution in [1.82, 2.24) is 20.0 Å². The second-order valence-electron chi connectivity index (χ2n) is 7.20. The van der Waals surface area contributed by atoms with E-state index in [0.29, 0.717) is 16.3 Å². The molecule has 2 heterocycles. The molecule has 0 aliphatic carbocycles. The Morgan fingerprint density at radius 1 is 1.09 bits per heavy atom. The van der Waals surface area contributed by atoms with E-state index < -0.39 is 18.5 Å². The molecular weight excluding hydrogens is 480 g/mol. The molecule has 0 radical (unpaired) electrons.